The number of benzene rings is 1. The molecule has 5 atom stereocenters. The summed E-state index contributed by atoms with van der Waals surface area (Å²) in [6.45, 7) is 5.18. The number of imide groups is 2. The van der Waals surface area contributed by atoms with Gasteiger partial charge in [0.05, 0.1) is 13.2 Å². The Morgan fingerprint density at radius 2 is 1.65 bits per heavy atom. The van der Waals surface area contributed by atoms with Crippen LogP contribution >= 0.6 is 0 Å². The molecule has 2 fully saturated rings. The van der Waals surface area contributed by atoms with Crippen LogP contribution in [0.5, 0.6) is 0 Å². The Labute approximate surface area is 216 Å². The molecule has 0 bridgehead atoms. The highest BCUT2D eigenvalue weighted by atomic mass is 16.7. The van der Waals surface area contributed by atoms with Crippen molar-refractivity contribution >= 4 is 17.8 Å². The molecule has 0 spiro atoms. The molecule has 0 aliphatic carbocycles. The molecule has 0 unspecified atom stereocenters. The SMILES string of the molecule is CCCC(C)(C)C(N[C@H]1[C@@H](OCc2ccccc2)O[C@H](CO)[C@@H](O)[C@@H]1O)=C1C(=O)N(C)C(=O)N(C)C1=O. The fourth-order valence-electron chi connectivity index (χ4n) is 4.69. The van der Waals surface area contributed by atoms with E-state index in [0.29, 0.717) is 12.8 Å². The number of allylic oxidation sites excluding steroid dienone is 1. The Morgan fingerprint density at radius 3 is 2.19 bits per heavy atom. The standard InChI is InChI=1S/C26H37N3O8/c1-6-12-26(2,3)21(17-22(33)28(4)25(35)29(5)23(17)34)27-18-20(32)19(31)16(13-30)37-24(18)36-14-15-10-8-7-9-11-15/h7-11,16,18-20,24,27,30-32H,6,12-14H2,1-5H3/t16-,18-,19-,20-,24+/m1/s1. The lowest BCUT2D eigenvalue weighted by Crippen LogP contribution is -2.64. The molecule has 1 aromatic rings. The van der Waals surface area contributed by atoms with Crippen molar-refractivity contribution in [2.75, 3.05) is 20.7 Å². The average molecular weight is 520 g/mol. The first-order valence-electron chi connectivity index (χ1n) is 12.3. The van der Waals surface area contributed by atoms with Crippen molar-refractivity contribution in [1.29, 1.82) is 0 Å². The fraction of sp³-hybridized carbons (Fsp3) is 0.577. The van der Waals surface area contributed by atoms with Gasteiger partial charge in [0.1, 0.15) is 29.9 Å². The molecule has 0 saturated carbocycles. The number of amides is 4. The van der Waals surface area contributed by atoms with Crippen molar-refractivity contribution in [3.63, 3.8) is 0 Å². The molecule has 0 radical (unpaired) electrons. The summed E-state index contributed by atoms with van der Waals surface area (Å²) in [5, 5.41) is 34.5. The summed E-state index contributed by atoms with van der Waals surface area (Å²) in [7, 11) is 2.58. The molecule has 3 rings (SSSR count). The normalized spacial score (nSPS) is 27.1. The van der Waals surface area contributed by atoms with Crippen molar-refractivity contribution in [3.8, 4) is 0 Å². The highest BCUT2D eigenvalue weighted by molar-refractivity contribution is 6.28. The maximum Gasteiger partial charge on any atom is 0.333 e. The summed E-state index contributed by atoms with van der Waals surface area (Å²) in [6.07, 6.45) is -3.95. The van der Waals surface area contributed by atoms with Crippen LogP contribution in [-0.2, 0) is 25.7 Å². The number of carbonyl (C=O) groups is 3. The van der Waals surface area contributed by atoms with E-state index in [2.05, 4.69) is 5.32 Å². The van der Waals surface area contributed by atoms with E-state index in [1.54, 1.807) is 0 Å². The molecule has 1 aromatic carbocycles. The number of aliphatic hydroxyl groups is 3. The van der Waals surface area contributed by atoms with E-state index < -0.39 is 60.5 Å². The Hall–Kier alpha value is -2.83. The van der Waals surface area contributed by atoms with Crippen LogP contribution in [0.1, 0.15) is 39.2 Å². The minimum atomic E-state index is -1.48. The summed E-state index contributed by atoms with van der Waals surface area (Å²) in [5.74, 6) is -1.55. The van der Waals surface area contributed by atoms with Crippen LogP contribution in [0.2, 0.25) is 0 Å². The Morgan fingerprint density at radius 1 is 1.05 bits per heavy atom. The van der Waals surface area contributed by atoms with Gasteiger partial charge in [-0.3, -0.25) is 19.4 Å². The number of likely N-dealkylation sites (N-methyl/N-ethyl adjacent to an activating group) is 2. The zero-order valence-corrected chi connectivity index (χ0v) is 21.9. The fourth-order valence-corrected chi connectivity index (χ4v) is 4.69. The Bertz CT molecular complexity index is 1000. The minimum Gasteiger partial charge on any atom is -0.394 e. The van der Waals surface area contributed by atoms with Gasteiger partial charge in [0.25, 0.3) is 11.8 Å². The number of nitrogens with one attached hydrogen (secondary N) is 1. The van der Waals surface area contributed by atoms with Crippen LogP contribution in [0.3, 0.4) is 0 Å². The van der Waals surface area contributed by atoms with Crippen molar-refractivity contribution in [1.82, 2.24) is 15.1 Å². The van der Waals surface area contributed by atoms with Crippen LogP contribution < -0.4 is 5.32 Å². The molecule has 204 valence electrons. The summed E-state index contributed by atoms with van der Waals surface area (Å²) in [4.78, 5) is 40.5. The maximum absolute atomic E-state index is 13.2. The number of ether oxygens (including phenoxy) is 2. The van der Waals surface area contributed by atoms with Gasteiger partial charge in [0.15, 0.2) is 6.29 Å². The van der Waals surface area contributed by atoms with Gasteiger partial charge in [-0.25, -0.2) is 4.79 Å². The lowest BCUT2D eigenvalue weighted by Gasteiger charge is -2.45. The minimum absolute atomic E-state index is 0.104. The number of rotatable bonds is 9. The molecule has 2 saturated heterocycles. The van der Waals surface area contributed by atoms with Gasteiger partial charge in [-0.05, 0) is 12.0 Å². The number of carbonyl (C=O) groups excluding carboxylic acids is 3. The molecule has 2 heterocycles. The van der Waals surface area contributed by atoms with Crippen LogP contribution in [0.15, 0.2) is 41.6 Å². The van der Waals surface area contributed by atoms with Gasteiger partial charge in [-0.15, -0.1) is 0 Å². The third-order valence-corrected chi connectivity index (χ3v) is 6.86. The van der Waals surface area contributed by atoms with Gasteiger partial charge in [-0.2, -0.15) is 0 Å². The number of barbiturate groups is 1. The first kappa shape index (κ1) is 28.7. The zero-order valence-electron chi connectivity index (χ0n) is 21.9. The quantitative estimate of drug-likeness (QED) is 0.274. The second kappa shape index (κ2) is 11.7. The van der Waals surface area contributed by atoms with Crippen LogP contribution in [0.4, 0.5) is 4.79 Å². The van der Waals surface area contributed by atoms with Crippen molar-refractivity contribution in [2.45, 2.75) is 70.9 Å². The molecule has 0 aromatic heterocycles. The van der Waals surface area contributed by atoms with Gasteiger partial charge in [-0.1, -0.05) is 57.5 Å². The Kier molecular flexibility index (Phi) is 9.09. The summed E-state index contributed by atoms with van der Waals surface area (Å²) in [6, 6.07) is 7.37. The lowest BCUT2D eigenvalue weighted by atomic mass is 9.80. The van der Waals surface area contributed by atoms with Crippen LogP contribution in [0.25, 0.3) is 0 Å². The predicted molar refractivity (Wildman–Crippen MR) is 133 cm³/mol. The second-order valence-corrected chi connectivity index (χ2v) is 10.1. The van der Waals surface area contributed by atoms with Crippen molar-refractivity contribution < 1.29 is 39.2 Å². The van der Waals surface area contributed by atoms with E-state index >= 15 is 0 Å². The molecule has 4 amide bonds. The van der Waals surface area contributed by atoms with E-state index in [4.69, 9.17) is 9.47 Å². The van der Waals surface area contributed by atoms with Crippen LogP contribution in [0, 0.1) is 5.41 Å². The van der Waals surface area contributed by atoms with E-state index in [-0.39, 0.29) is 17.9 Å². The monoisotopic (exact) mass is 519 g/mol. The second-order valence-electron chi connectivity index (χ2n) is 10.1. The number of hydrogen-bond donors (Lipinski definition) is 4. The molecule has 11 heteroatoms. The molecule has 11 nitrogen and oxygen atoms in total. The number of hydrogen-bond acceptors (Lipinski definition) is 9. The maximum atomic E-state index is 13.2. The third-order valence-electron chi connectivity index (χ3n) is 6.86. The first-order valence-corrected chi connectivity index (χ1v) is 12.3. The number of aliphatic hydroxyl groups excluding tert-OH is 3. The van der Waals surface area contributed by atoms with Crippen molar-refractivity contribution in [3.05, 3.63) is 47.2 Å². The van der Waals surface area contributed by atoms with E-state index in [9.17, 15) is 29.7 Å². The number of urea groups is 1. The highest BCUT2D eigenvalue weighted by Gasteiger charge is 2.48. The third kappa shape index (κ3) is 5.86. The molecule has 2 aliphatic heterocycles. The summed E-state index contributed by atoms with van der Waals surface area (Å²) >= 11 is 0. The molecule has 2 aliphatic rings. The van der Waals surface area contributed by atoms with Gasteiger partial charge >= 0.3 is 6.03 Å². The zero-order chi connectivity index (χ0) is 27.5. The summed E-state index contributed by atoms with van der Waals surface area (Å²) in [5.41, 5.74) is 0.0113. The average Bonchev–Trinajstić information content (AvgIpc) is 2.88. The molecule has 37 heavy (non-hydrogen) atoms. The largest absolute Gasteiger partial charge is 0.394 e. The Balaban J connectivity index is 2.06. The molecule has 4 N–H and O–H groups in total. The van der Waals surface area contributed by atoms with Gasteiger partial charge in [0.2, 0.25) is 0 Å². The van der Waals surface area contributed by atoms with Crippen molar-refractivity contribution in [2.24, 2.45) is 5.41 Å². The van der Waals surface area contributed by atoms with E-state index in [1.807, 2.05) is 51.1 Å². The van der Waals surface area contributed by atoms with E-state index in [0.717, 1.165) is 15.4 Å². The highest BCUT2D eigenvalue weighted by Crippen LogP contribution is 2.36. The molecular weight excluding hydrogens is 482 g/mol. The van der Waals surface area contributed by atoms with E-state index in [1.165, 1.54) is 14.1 Å². The van der Waals surface area contributed by atoms with Gasteiger partial charge in [0, 0.05) is 25.2 Å². The number of nitrogens with zero attached hydrogens (tertiary/aromatic N) is 2. The predicted octanol–water partition coefficient (Wildman–Crippen LogP) is 0.731. The topological polar surface area (TPSA) is 149 Å². The smallest absolute Gasteiger partial charge is 0.333 e. The molecular formula is C26H37N3O8. The van der Waals surface area contributed by atoms with Crippen LogP contribution in [-0.4, -0.2) is 94.3 Å². The lowest BCUT2D eigenvalue weighted by molar-refractivity contribution is -0.273. The first-order chi connectivity index (χ1) is 17.4. The van der Waals surface area contributed by atoms with Gasteiger partial charge < -0.3 is 30.1 Å². The summed E-state index contributed by atoms with van der Waals surface area (Å²) < 4.78 is 11.8.